The summed E-state index contributed by atoms with van der Waals surface area (Å²) in [4.78, 5) is 56.7. The Morgan fingerprint density at radius 3 is 1.85 bits per heavy atom. The van der Waals surface area contributed by atoms with Crippen molar-refractivity contribution in [2.75, 3.05) is 32.8 Å². The van der Waals surface area contributed by atoms with Gasteiger partial charge >= 0.3 is 23.9 Å². The summed E-state index contributed by atoms with van der Waals surface area (Å²) in [6, 6.07) is 9.93. The molecule has 0 aliphatic carbocycles. The van der Waals surface area contributed by atoms with E-state index in [0.29, 0.717) is 52.8 Å². The van der Waals surface area contributed by atoms with Crippen molar-refractivity contribution in [2.24, 2.45) is 0 Å². The van der Waals surface area contributed by atoms with Crippen molar-refractivity contribution in [1.29, 1.82) is 0 Å². The van der Waals surface area contributed by atoms with Crippen molar-refractivity contribution >= 4 is 23.9 Å². The first-order valence-electron chi connectivity index (χ1n) is 13.9. The van der Waals surface area contributed by atoms with E-state index < -0.39 is 50.1 Å². The number of carboxylic acid groups (broad SMARTS) is 4. The van der Waals surface area contributed by atoms with Crippen LogP contribution in [0.1, 0.15) is 17.8 Å². The Labute approximate surface area is 260 Å². The van der Waals surface area contributed by atoms with Crippen LogP contribution in [0.5, 0.6) is 0 Å². The lowest BCUT2D eigenvalue weighted by molar-refractivity contribution is -0.144. The van der Waals surface area contributed by atoms with Gasteiger partial charge < -0.3 is 25.5 Å². The third-order valence-corrected chi connectivity index (χ3v) is 6.36. The Morgan fingerprint density at radius 2 is 1.28 bits per heavy atom. The summed E-state index contributed by atoms with van der Waals surface area (Å²) in [5.41, 5.74) is 2.43. The minimum Gasteiger partial charge on any atom is -0.480 e. The zero-order chi connectivity index (χ0) is 33.2. The molecule has 4 aromatic rings. The molecule has 0 atom stereocenters. The van der Waals surface area contributed by atoms with Gasteiger partial charge in [-0.2, -0.15) is 5.10 Å². The van der Waals surface area contributed by atoms with E-state index in [4.69, 9.17) is 5.10 Å². The zero-order valence-corrected chi connectivity index (χ0v) is 24.4. The summed E-state index contributed by atoms with van der Waals surface area (Å²) in [5.74, 6) is -4.42. The molecule has 0 saturated heterocycles. The first-order chi connectivity index (χ1) is 22.0. The molecule has 4 aromatic heterocycles. The number of aromatic nitrogens is 7. The van der Waals surface area contributed by atoms with Crippen molar-refractivity contribution in [1.82, 2.24) is 44.5 Å². The molecule has 0 aliphatic heterocycles. The third kappa shape index (κ3) is 9.45. The number of nitrogens with zero attached hydrogens (tertiary/aromatic N) is 9. The molecular weight excluding hydrogens is 606 g/mol. The number of carboxylic acids is 4. The molecule has 0 bridgehead atoms. The predicted molar refractivity (Wildman–Crippen MR) is 156 cm³/mol. The Kier molecular flexibility index (Phi) is 11.2. The Morgan fingerprint density at radius 1 is 0.717 bits per heavy atom. The molecule has 0 fully saturated rings. The lowest BCUT2D eigenvalue weighted by Gasteiger charge is -2.17. The highest BCUT2D eigenvalue weighted by atomic mass is 16.4. The van der Waals surface area contributed by atoms with E-state index in [0.717, 1.165) is 0 Å². The Balaban J connectivity index is 1.73. The van der Waals surface area contributed by atoms with E-state index in [2.05, 4.69) is 20.3 Å². The number of aliphatic hydroxyl groups excluding tert-OH is 1. The smallest absolute Gasteiger partial charge is 0.317 e. The molecule has 5 N–H and O–H groups in total. The number of hydrogen-bond donors (Lipinski definition) is 5. The van der Waals surface area contributed by atoms with Crippen molar-refractivity contribution in [3.63, 3.8) is 0 Å². The quantitative estimate of drug-likeness (QED) is 0.0956. The Bertz CT molecular complexity index is 1670. The molecule has 0 saturated carbocycles. The van der Waals surface area contributed by atoms with Gasteiger partial charge in [-0.3, -0.25) is 33.7 Å². The summed E-state index contributed by atoms with van der Waals surface area (Å²) in [5, 5.41) is 59.1. The molecule has 46 heavy (non-hydrogen) atoms. The van der Waals surface area contributed by atoms with E-state index in [1.54, 1.807) is 53.5 Å². The summed E-state index contributed by atoms with van der Waals surface area (Å²) in [7, 11) is 0. The van der Waals surface area contributed by atoms with Crippen molar-refractivity contribution < 1.29 is 44.7 Å². The largest absolute Gasteiger partial charge is 0.480 e. The molecule has 18 heteroatoms. The van der Waals surface area contributed by atoms with Gasteiger partial charge in [0.05, 0.1) is 55.0 Å². The highest BCUT2D eigenvalue weighted by Crippen LogP contribution is 2.30. The summed E-state index contributed by atoms with van der Waals surface area (Å²) < 4.78 is 3.01. The molecule has 0 aliphatic rings. The average Bonchev–Trinajstić information content (AvgIpc) is 3.63. The fourth-order valence-corrected chi connectivity index (χ4v) is 4.57. The summed E-state index contributed by atoms with van der Waals surface area (Å²) >= 11 is 0. The van der Waals surface area contributed by atoms with E-state index >= 15 is 0 Å². The lowest BCUT2D eigenvalue weighted by atomic mass is 10.1. The zero-order valence-electron chi connectivity index (χ0n) is 24.4. The lowest BCUT2D eigenvalue weighted by Crippen LogP contribution is -2.34. The number of carbonyl (C=O) groups is 4. The highest BCUT2D eigenvalue weighted by Gasteiger charge is 2.21. The number of aryl methyl sites for hydroxylation is 1. The summed E-state index contributed by atoms with van der Waals surface area (Å²) in [6.07, 6.45) is 3.77. The number of pyridine rings is 2. The van der Waals surface area contributed by atoms with Crippen molar-refractivity contribution in [2.45, 2.75) is 26.1 Å². The van der Waals surface area contributed by atoms with Crippen LogP contribution in [0.4, 0.5) is 0 Å². The minimum atomic E-state index is -1.19. The van der Waals surface area contributed by atoms with Crippen LogP contribution in [0.2, 0.25) is 0 Å². The third-order valence-electron chi connectivity index (χ3n) is 6.36. The maximum atomic E-state index is 11.3. The fourth-order valence-electron chi connectivity index (χ4n) is 4.57. The molecule has 0 unspecified atom stereocenters. The molecular formula is C28H31N9O9. The highest BCUT2D eigenvalue weighted by molar-refractivity contribution is 5.77. The van der Waals surface area contributed by atoms with Crippen LogP contribution in [0.15, 0.2) is 48.8 Å². The van der Waals surface area contributed by atoms with Crippen LogP contribution in [-0.2, 0) is 38.8 Å². The summed E-state index contributed by atoms with van der Waals surface area (Å²) in [6.45, 7) is -1.76. The molecule has 0 amide bonds. The van der Waals surface area contributed by atoms with Gasteiger partial charge in [-0.05, 0) is 30.7 Å². The van der Waals surface area contributed by atoms with Gasteiger partial charge in [0.2, 0.25) is 0 Å². The molecule has 242 valence electrons. The van der Waals surface area contributed by atoms with Crippen LogP contribution in [0.3, 0.4) is 0 Å². The average molecular weight is 638 g/mol. The molecule has 0 spiro atoms. The maximum absolute atomic E-state index is 11.3. The second kappa shape index (κ2) is 15.4. The van der Waals surface area contributed by atoms with Gasteiger partial charge in [-0.25, -0.2) is 14.6 Å². The van der Waals surface area contributed by atoms with E-state index in [1.165, 1.54) is 14.5 Å². The maximum Gasteiger partial charge on any atom is 0.317 e. The van der Waals surface area contributed by atoms with Gasteiger partial charge in [-0.1, -0.05) is 17.3 Å². The van der Waals surface area contributed by atoms with E-state index in [1.807, 2.05) is 0 Å². The standard InChI is InChI=1S/C28H31N9O9/c38-9-3-8-36-13-22(31-33-36)20-12-37(23-7-2-5-19(30-23)11-35(16-26(43)44)17-27(45)46)32-28(20)21-6-1-4-18(29-21)10-34(14-24(39)40)15-25(41)42/h1-2,4-7,12-13,38H,3,8-11,14-17H2,(H,39,40)(H,41,42)(H,43,44)(H,45,46). The molecule has 4 heterocycles. The second-order valence-electron chi connectivity index (χ2n) is 10.1. The van der Waals surface area contributed by atoms with Gasteiger partial charge in [-0.15, -0.1) is 5.10 Å². The fraction of sp³-hybridized carbons (Fsp3) is 0.321. The van der Waals surface area contributed by atoms with Crippen LogP contribution in [0.25, 0.3) is 28.5 Å². The molecule has 0 aromatic carbocycles. The molecule has 0 radical (unpaired) electrons. The van der Waals surface area contributed by atoms with Crippen LogP contribution in [-0.4, -0.2) is 127 Å². The number of aliphatic carboxylic acids is 4. The predicted octanol–water partition coefficient (Wildman–Crippen LogP) is -0.0874. The monoisotopic (exact) mass is 637 g/mol. The van der Waals surface area contributed by atoms with Crippen LogP contribution in [0, 0.1) is 0 Å². The normalized spacial score (nSPS) is 11.3. The van der Waals surface area contributed by atoms with Crippen molar-refractivity contribution in [3.05, 3.63) is 60.2 Å². The number of aliphatic hydroxyl groups is 1. The SMILES string of the molecule is O=C(O)CN(CC(=O)O)Cc1cccc(-c2nn(-c3cccc(CN(CC(=O)O)CC(=O)O)n3)cc2-c2cn(CCCO)nn2)n1. The van der Waals surface area contributed by atoms with Gasteiger partial charge in [0.25, 0.3) is 0 Å². The van der Waals surface area contributed by atoms with Crippen LogP contribution < -0.4 is 0 Å². The molecule has 18 nitrogen and oxygen atoms in total. The van der Waals surface area contributed by atoms with Gasteiger partial charge in [0.1, 0.15) is 11.4 Å². The number of hydrogen-bond acceptors (Lipinski definition) is 12. The molecule has 4 rings (SSSR count). The minimum absolute atomic E-state index is 0.0335. The Hall–Kier alpha value is -5.59. The van der Waals surface area contributed by atoms with E-state index in [9.17, 15) is 44.7 Å². The van der Waals surface area contributed by atoms with Crippen molar-refractivity contribution in [3.8, 4) is 28.5 Å². The second-order valence-corrected chi connectivity index (χ2v) is 10.1. The van der Waals surface area contributed by atoms with Crippen LogP contribution >= 0.6 is 0 Å². The number of rotatable bonds is 18. The van der Waals surface area contributed by atoms with Gasteiger partial charge in [0.15, 0.2) is 5.82 Å². The topological polar surface area (TPSA) is 250 Å². The first-order valence-corrected chi connectivity index (χ1v) is 13.9. The van der Waals surface area contributed by atoms with Gasteiger partial charge in [0, 0.05) is 32.4 Å². The van der Waals surface area contributed by atoms with E-state index in [-0.39, 0.29) is 19.7 Å². The first kappa shape index (κ1) is 33.3.